The Balaban J connectivity index is 2.05. The fraction of sp³-hybridized carbons (Fsp3) is 0.167. The average Bonchev–Trinajstić information content (AvgIpc) is 2.54. The third kappa shape index (κ3) is 3.13. The van der Waals surface area contributed by atoms with Crippen molar-refractivity contribution in [2.75, 3.05) is 0 Å². The first kappa shape index (κ1) is 16.1. The molecule has 3 nitrogen and oxygen atoms in total. The zero-order valence-corrected chi connectivity index (χ0v) is 12.4. The van der Waals surface area contributed by atoms with E-state index in [2.05, 4.69) is 0 Å². The predicted molar refractivity (Wildman–Crippen MR) is 81.8 cm³/mol. The number of para-hydroxylation sites is 1. The molecule has 6 heteroatoms. The van der Waals surface area contributed by atoms with Crippen LogP contribution in [0.1, 0.15) is 16.7 Å². The molecule has 0 spiro atoms. The molecule has 0 aliphatic carbocycles. The average molecular weight is 334 g/mol. The molecule has 3 rings (SSSR count). The van der Waals surface area contributed by atoms with Gasteiger partial charge >= 0.3 is 12.1 Å². The van der Waals surface area contributed by atoms with Crippen LogP contribution in [0.15, 0.2) is 54.1 Å². The number of benzene rings is 2. The van der Waals surface area contributed by atoms with Crippen LogP contribution in [0.25, 0.3) is 6.08 Å². The van der Waals surface area contributed by atoms with E-state index in [0.29, 0.717) is 17.5 Å². The third-order valence-electron chi connectivity index (χ3n) is 3.74. The Morgan fingerprint density at radius 2 is 1.79 bits per heavy atom. The van der Waals surface area contributed by atoms with Crippen LogP contribution in [0, 0.1) is 0 Å². The number of carboxylic acid groups (broad SMARTS) is 1. The molecule has 1 heterocycles. The van der Waals surface area contributed by atoms with Gasteiger partial charge in [-0.2, -0.15) is 13.2 Å². The maximum atomic E-state index is 13.2. The van der Waals surface area contributed by atoms with Crippen molar-refractivity contribution < 1.29 is 27.8 Å². The lowest BCUT2D eigenvalue weighted by Gasteiger charge is -2.28. The quantitative estimate of drug-likeness (QED) is 0.920. The molecule has 1 aliphatic rings. The molecule has 1 aliphatic heterocycles. The van der Waals surface area contributed by atoms with Gasteiger partial charge in [0.05, 0.1) is 5.57 Å². The number of hydrogen-bond donors (Lipinski definition) is 1. The largest absolute Gasteiger partial charge is 0.478 e. The van der Waals surface area contributed by atoms with E-state index in [9.17, 15) is 18.0 Å². The number of carbonyl (C=O) groups is 1. The fourth-order valence-electron chi connectivity index (χ4n) is 2.66. The number of alkyl halides is 3. The van der Waals surface area contributed by atoms with Crippen LogP contribution in [0.5, 0.6) is 5.75 Å². The summed E-state index contributed by atoms with van der Waals surface area (Å²) in [6, 6.07) is 14.1. The van der Waals surface area contributed by atoms with E-state index in [1.54, 1.807) is 18.2 Å². The van der Waals surface area contributed by atoms with Crippen molar-refractivity contribution in [2.24, 2.45) is 0 Å². The van der Waals surface area contributed by atoms with Crippen molar-refractivity contribution >= 4 is 12.0 Å². The molecule has 0 saturated carbocycles. The molecular formula is C18H13F3O3. The van der Waals surface area contributed by atoms with Crippen LogP contribution in [0.4, 0.5) is 13.2 Å². The monoisotopic (exact) mass is 334 g/mol. The highest BCUT2D eigenvalue weighted by Gasteiger charge is 2.48. The van der Waals surface area contributed by atoms with Crippen molar-refractivity contribution in [3.63, 3.8) is 0 Å². The van der Waals surface area contributed by atoms with Crippen molar-refractivity contribution in [1.29, 1.82) is 0 Å². The first-order chi connectivity index (χ1) is 11.4. The van der Waals surface area contributed by atoms with Crippen LogP contribution in [-0.4, -0.2) is 23.4 Å². The maximum Gasteiger partial charge on any atom is 0.430 e. The van der Waals surface area contributed by atoms with Gasteiger partial charge in [0.1, 0.15) is 5.75 Å². The number of halogens is 3. The maximum absolute atomic E-state index is 13.2. The molecule has 0 bridgehead atoms. The summed E-state index contributed by atoms with van der Waals surface area (Å²) in [6.07, 6.45) is -5.85. The Hall–Kier alpha value is -2.76. The zero-order chi connectivity index (χ0) is 17.3. The Labute approximate surface area is 136 Å². The van der Waals surface area contributed by atoms with Gasteiger partial charge in [0.25, 0.3) is 0 Å². The Bertz CT molecular complexity index is 795. The van der Waals surface area contributed by atoms with Crippen molar-refractivity contribution in [2.45, 2.75) is 18.7 Å². The fourth-order valence-corrected chi connectivity index (χ4v) is 2.66. The summed E-state index contributed by atoms with van der Waals surface area (Å²) in [5.74, 6) is -1.56. The normalized spacial score (nSPS) is 16.8. The van der Waals surface area contributed by atoms with E-state index in [-0.39, 0.29) is 5.75 Å². The number of rotatable bonds is 3. The topological polar surface area (TPSA) is 46.5 Å². The van der Waals surface area contributed by atoms with Gasteiger partial charge in [0.2, 0.25) is 6.10 Å². The van der Waals surface area contributed by atoms with Gasteiger partial charge in [-0.1, -0.05) is 48.5 Å². The first-order valence-corrected chi connectivity index (χ1v) is 7.20. The number of aliphatic carboxylic acids is 1. The number of hydrogen-bond acceptors (Lipinski definition) is 2. The lowest BCUT2D eigenvalue weighted by Crippen LogP contribution is -2.40. The van der Waals surface area contributed by atoms with Crippen molar-refractivity contribution in [1.82, 2.24) is 0 Å². The zero-order valence-electron chi connectivity index (χ0n) is 12.4. The van der Waals surface area contributed by atoms with Crippen LogP contribution in [0.3, 0.4) is 0 Å². The van der Waals surface area contributed by atoms with Crippen LogP contribution < -0.4 is 4.74 Å². The Kier molecular flexibility index (Phi) is 4.05. The molecule has 1 N–H and O–H groups in total. The summed E-state index contributed by atoms with van der Waals surface area (Å²) in [5, 5.41) is 9.05. The Morgan fingerprint density at radius 1 is 1.08 bits per heavy atom. The molecule has 0 radical (unpaired) electrons. The molecule has 24 heavy (non-hydrogen) atoms. The molecular weight excluding hydrogens is 321 g/mol. The minimum atomic E-state index is -4.80. The molecule has 2 aromatic rings. The lowest BCUT2D eigenvalue weighted by atomic mass is 9.96. The minimum absolute atomic E-state index is 0.0775. The summed E-state index contributed by atoms with van der Waals surface area (Å²) in [4.78, 5) is 11.1. The molecule has 1 atom stereocenters. The summed E-state index contributed by atoms with van der Waals surface area (Å²) in [5.41, 5.74) is 1.02. The second-order valence-electron chi connectivity index (χ2n) is 5.44. The molecule has 0 amide bonds. The van der Waals surface area contributed by atoms with Gasteiger partial charge < -0.3 is 9.84 Å². The summed E-state index contributed by atoms with van der Waals surface area (Å²) < 4.78 is 44.6. The van der Waals surface area contributed by atoms with E-state index in [1.165, 1.54) is 0 Å². The number of carboxylic acids is 1. The molecule has 0 aromatic heterocycles. The predicted octanol–water partition coefficient (Wildman–Crippen LogP) is 4.07. The molecule has 0 saturated heterocycles. The third-order valence-corrected chi connectivity index (χ3v) is 3.74. The van der Waals surface area contributed by atoms with Gasteiger partial charge in [-0.3, -0.25) is 0 Å². The number of fused-ring (bicyclic) bond motifs is 1. The molecule has 1 unspecified atom stereocenters. The molecule has 2 aromatic carbocycles. The molecule has 124 valence electrons. The second kappa shape index (κ2) is 6.03. The van der Waals surface area contributed by atoms with E-state index in [0.717, 1.165) is 11.6 Å². The van der Waals surface area contributed by atoms with Crippen molar-refractivity contribution in [3.05, 3.63) is 70.8 Å². The van der Waals surface area contributed by atoms with Gasteiger partial charge in [-0.25, -0.2) is 4.79 Å². The number of ether oxygens (including phenoxy) is 1. The van der Waals surface area contributed by atoms with Gasteiger partial charge in [0.15, 0.2) is 0 Å². The van der Waals surface area contributed by atoms with Gasteiger partial charge in [-0.15, -0.1) is 0 Å². The van der Waals surface area contributed by atoms with E-state index >= 15 is 0 Å². The summed E-state index contributed by atoms with van der Waals surface area (Å²) in [7, 11) is 0. The highest BCUT2D eigenvalue weighted by atomic mass is 19.4. The highest BCUT2D eigenvalue weighted by Crippen LogP contribution is 2.39. The lowest BCUT2D eigenvalue weighted by molar-refractivity contribution is -0.187. The smallest absolute Gasteiger partial charge is 0.430 e. The second-order valence-corrected chi connectivity index (χ2v) is 5.44. The summed E-state index contributed by atoms with van der Waals surface area (Å²) in [6.45, 7) is 0. The van der Waals surface area contributed by atoms with E-state index in [1.807, 2.05) is 30.3 Å². The molecule has 0 fully saturated rings. The van der Waals surface area contributed by atoms with Crippen LogP contribution >= 0.6 is 0 Å². The van der Waals surface area contributed by atoms with Gasteiger partial charge in [-0.05, 0) is 17.2 Å². The van der Waals surface area contributed by atoms with Crippen LogP contribution in [0.2, 0.25) is 0 Å². The van der Waals surface area contributed by atoms with Gasteiger partial charge in [0, 0.05) is 12.0 Å². The van der Waals surface area contributed by atoms with E-state index < -0.39 is 23.8 Å². The summed E-state index contributed by atoms with van der Waals surface area (Å²) >= 11 is 0. The minimum Gasteiger partial charge on any atom is -0.478 e. The SMILES string of the molecule is O=C(O)C1=Cc2cccc(Cc3ccccc3)c2OC1C(F)(F)F. The standard InChI is InChI=1S/C18H13F3O3/c19-18(20,21)16-14(17(22)23)10-13-8-4-7-12(15(13)24-16)9-11-5-2-1-3-6-11/h1-8,10,16H,9H2,(H,22,23). The highest BCUT2D eigenvalue weighted by molar-refractivity contribution is 5.95. The van der Waals surface area contributed by atoms with E-state index in [4.69, 9.17) is 9.84 Å². The first-order valence-electron chi connectivity index (χ1n) is 7.20. The van der Waals surface area contributed by atoms with Crippen molar-refractivity contribution in [3.8, 4) is 5.75 Å². The Morgan fingerprint density at radius 3 is 2.42 bits per heavy atom. The van der Waals surface area contributed by atoms with Crippen LogP contribution in [-0.2, 0) is 11.2 Å².